The van der Waals surface area contributed by atoms with Crippen LogP contribution in [0.15, 0.2) is 42.5 Å². The number of benzene rings is 2. The second kappa shape index (κ2) is 9.62. The Labute approximate surface area is 180 Å². The first-order chi connectivity index (χ1) is 14.4. The Balaban J connectivity index is 1.94. The van der Waals surface area contributed by atoms with Gasteiger partial charge in [-0.15, -0.1) is 0 Å². The van der Waals surface area contributed by atoms with E-state index in [1.54, 1.807) is 18.2 Å². The minimum Gasteiger partial charge on any atom is -0.494 e. The molecule has 0 aromatic heterocycles. The zero-order valence-electron chi connectivity index (χ0n) is 17.1. The van der Waals surface area contributed by atoms with Gasteiger partial charge < -0.3 is 34.3 Å². The third-order valence-electron chi connectivity index (χ3n) is 5.25. The van der Waals surface area contributed by atoms with Crippen molar-refractivity contribution in [2.75, 3.05) is 20.8 Å². The van der Waals surface area contributed by atoms with Gasteiger partial charge in [-0.3, -0.25) is 0 Å². The molecule has 2 aromatic carbocycles. The van der Waals surface area contributed by atoms with Gasteiger partial charge in [-0.2, -0.15) is 0 Å². The molecule has 1 aliphatic heterocycles. The van der Waals surface area contributed by atoms with Gasteiger partial charge in [0, 0.05) is 24.8 Å². The van der Waals surface area contributed by atoms with Gasteiger partial charge in [0.2, 0.25) is 5.79 Å². The van der Waals surface area contributed by atoms with E-state index < -0.39 is 30.4 Å². The van der Waals surface area contributed by atoms with Crippen molar-refractivity contribution < 1.29 is 34.3 Å². The fourth-order valence-electron chi connectivity index (χ4n) is 3.61. The maximum Gasteiger partial charge on any atom is 0.226 e. The van der Waals surface area contributed by atoms with Gasteiger partial charge in [-0.1, -0.05) is 29.8 Å². The average molecular weight is 439 g/mol. The predicted molar refractivity (Wildman–Crippen MR) is 110 cm³/mol. The molecule has 0 aliphatic carbocycles. The summed E-state index contributed by atoms with van der Waals surface area (Å²) in [6, 6.07) is 12.8. The Kier molecular flexibility index (Phi) is 7.36. The molecule has 0 radical (unpaired) electrons. The van der Waals surface area contributed by atoms with Crippen molar-refractivity contribution in [2.45, 2.75) is 43.7 Å². The molecule has 1 saturated heterocycles. The molecule has 5 atom stereocenters. The molecule has 0 amide bonds. The highest BCUT2D eigenvalue weighted by Crippen LogP contribution is 2.40. The highest BCUT2D eigenvalue weighted by Gasteiger charge is 2.55. The number of aliphatic hydroxyl groups is 3. The fourth-order valence-corrected chi connectivity index (χ4v) is 3.80. The molecule has 0 spiro atoms. The van der Waals surface area contributed by atoms with Crippen molar-refractivity contribution in [3.05, 3.63) is 64.2 Å². The summed E-state index contributed by atoms with van der Waals surface area (Å²) in [6.07, 6.45) is -5.18. The van der Waals surface area contributed by atoms with Gasteiger partial charge in [0.15, 0.2) is 6.29 Å². The number of rotatable bonds is 7. The number of methoxy groups -OCH3 is 2. The van der Waals surface area contributed by atoms with Crippen molar-refractivity contribution >= 4 is 11.6 Å². The molecule has 164 valence electrons. The minimum absolute atomic E-state index is 0.441. The number of aliphatic hydroxyl groups excluding tert-OH is 3. The summed E-state index contributed by atoms with van der Waals surface area (Å²) in [7, 11) is 2.68. The lowest BCUT2D eigenvalue weighted by Gasteiger charge is -2.47. The van der Waals surface area contributed by atoms with Gasteiger partial charge >= 0.3 is 0 Å². The van der Waals surface area contributed by atoms with E-state index in [0.29, 0.717) is 23.6 Å². The van der Waals surface area contributed by atoms with Gasteiger partial charge in [0.1, 0.15) is 24.1 Å². The van der Waals surface area contributed by atoms with Crippen LogP contribution in [0.2, 0.25) is 5.02 Å². The fraction of sp³-hybridized carbons (Fsp3) is 0.455. The Bertz CT molecular complexity index is 842. The Hall–Kier alpha value is -1.71. The molecular formula is C22H27ClO7. The third-order valence-corrected chi connectivity index (χ3v) is 5.61. The monoisotopic (exact) mass is 438 g/mol. The van der Waals surface area contributed by atoms with Crippen LogP contribution >= 0.6 is 11.6 Å². The first-order valence-corrected chi connectivity index (χ1v) is 10.0. The van der Waals surface area contributed by atoms with Crippen LogP contribution in [0, 0.1) is 0 Å². The summed E-state index contributed by atoms with van der Waals surface area (Å²) in [5.41, 5.74) is 2.23. The van der Waals surface area contributed by atoms with E-state index in [4.69, 9.17) is 30.5 Å². The standard InChI is InChI=1S/C22H27ClO7/c1-4-29-16-8-5-13(6-9-16)11-14-12-15(7-10-17(14)23)22(28-3)20(26)18(24)19(25)21(27-2)30-22/h5-10,12,18-21,24-26H,4,11H2,1-3H3/t18-,19-,20+,21-,22-/m0/s1. The molecule has 0 bridgehead atoms. The third kappa shape index (κ3) is 4.33. The Morgan fingerprint density at radius 1 is 1.03 bits per heavy atom. The summed E-state index contributed by atoms with van der Waals surface area (Å²) in [5, 5.41) is 31.6. The summed E-state index contributed by atoms with van der Waals surface area (Å²) >= 11 is 6.42. The SMILES string of the molecule is CCOc1ccc(Cc2cc([C@]3(OC)O[C@H](OC)[C@@H](O)[C@H](O)[C@H]3O)ccc2Cl)cc1. The first kappa shape index (κ1) is 23.0. The minimum atomic E-state index is -1.74. The number of halogens is 1. The predicted octanol–water partition coefficient (Wildman–Crippen LogP) is 2.21. The molecule has 0 saturated carbocycles. The van der Waals surface area contributed by atoms with Crippen LogP contribution in [-0.4, -0.2) is 60.7 Å². The van der Waals surface area contributed by atoms with Crippen molar-refractivity contribution in [3.8, 4) is 5.75 Å². The molecule has 1 aliphatic rings. The van der Waals surface area contributed by atoms with E-state index in [1.165, 1.54) is 14.2 Å². The van der Waals surface area contributed by atoms with Crippen molar-refractivity contribution in [1.29, 1.82) is 0 Å². The van der Waals surface area contributed by atoms with Crippen molar-refractivity contribution in [3.63, 3.8) is 0 Å². The molecule has 2 aromatic rings. The van der Waals surface area contributed by atoms with Crippen LogP contribution in [0.1, 0.15) is 23.6 Å². The van der Waals surface area contributed by atoms with Crippen LogP contribution in [0.4, 0.5) is 0 Å². The molecule has 8 heteroatoms. The van der Waals surface area contributed by atoms with Gasteiger partial charge in [0.25, 0.3) is 0 Å². The van der Waals surface area contributed by atoms with E-state index >= 15 is 0 Å². The largest absolute Gasteiger partial charge is 0.494 e. The molecule has 3 rings (SSSR count). The van der Waals surface area contributed by atoms with Crippen LogP contribution in [0.3, 0.4) is 0 Å². The van der Waals surface area contributed by atoms with Crippen molar-refractivity contribution in [2.24, 2.45) is 0 Å². The highest BCUT2D eigenvalue weighted by atomic mass is 35.5. The second-order valence-electron chi connectivity index (χ2n) is 7.08. The summed E-state index contributed by atoms with van der Waals surface area (Å²) < 4.78 is 21.9. The quantitative estimate of drug-likeness (QED) is 0.609. The van der Waals surface area contributed by atoms with Crippen molar-refractivity contribution in [1.82, 2.24) is 0 Å². The smallest absolute Gasteiger partial charge is 0.226 e. The Morgan fingerprint density at radius 3 is 2.33 bits per heavy atom. The molecule has 1 heterocycles. The summed E-state index contributed by atoms with van der Waals surface area (Å²) in [4.78, 5) is 0. The molecule has 30 heavy (non-hydrogen) atoms. The van der Waals surface area contributed by atoms with Crippen LogP contribution in [0.5, 0.6) is 5.75 Å². The highest BCUT2D eigenvalue weighted by molar-refractivity contribution is 6.31. The van der Waals surface area contributed by atoms with E-state index in [9.17, 15) is 15.3 Å². The topological polar surface area (TPSA) is 97.6 Å². The first-order valence-electron chi connectivity index (χ1n) is 9.66. The van der Waals surface area contributed by atoms with Gasteiger partial charge in [0.05, 0.1) is 6.61 Å². The number of hydrogen-bond acceptors (Lipinski definition) is 7. The normalized spacial score (nSPS) is 29.0. The van der Waals surface area contributed by atoms with Gasteiger partial charge in [-0.25, -0.2) is 0 Å². The maximum absolute atomic E-state index is 10.7. The van der Waals surface area contributed by atoms with Crippen LogP contribution < -0.4 is 4.74 Å². The molecule has 3 N–H and O–H groups in total. The van der Waals surface area contributed by atoms with E-state index in [2.05, 4.69) is 0 Å². The molecular weight excluding hydrogens is 412 g/mol. The van der Waals surface area contributed by atoms with E-state index in [0.717, 1.165) is 16.9 Å². The second-order valence-corrected chi connectivity index (χ2v) is 7.49. The molecule has 7 nitrogen and oxygen atoms in total. The van der Waals surface area contributed by atoms with Crippen LogP contribution in [-0.2, 0) is 26.4 Å². The number of hydrogen-bond donors (Lipinski definition) is 3. The summed E-state index contributed by atoms with van der Waals surface area (Å²) in [5.74, 6) is -0.950. The summed E-state index contributed by atoms with van der Waals surface area (Å²) in [6.45, 7) is 2.52. The zero-order chi connectivity index (χ0) is 21.9. The lowest BCUT2D eigenvalue weighted by atomic mass is 9.88. The van der Waals surface area contributed by atoms with E-state index in [1.807, 2.05) is 31.2 Å². The molecule has 1 fully saturated rings. The van der Waals surface area contributed by atoms with Gasteiger partial charge in [-0.05, 0) is 48.7 Å². The zero-order valence-corrected chi connectivity index (χ0v) is 17.9. The lowest BCUT2D eigenvalue weighted by Crippen LogP contribution is -2.63. The van der Waals surface area contributed by atoms with Crippen LogP contribution in [0.25, 0.3) is 0 Å². The number of ether oxygens (including phenoxy) is 4. The lowest BCUT2D eigenvalue weighted by molar-refractivity contribution is -0.401. The average Bonchev–Trinajstić information content (AvgIpc) is 2.76. The Morgan fingerprint density at radius 2 is 1.73 bits per heavy atom. The van der Waals surface area contributed by atoms with E-state index in [-0.39, 0.29) is 0 Å². The maximum atomic E-state index is 10.7. The molecule has 0 unspecified atom stereocenters.